The fraction of sp³-hybridized carbons (Fsp3) is 0.733. The maximum Gasteiger partial charge on any atom is 0.341 e. The molecule has 0 saturated carbocycles. The summed E-state index contributed by atoms with van der Waals surface area (Å²) in [6.45, 7) is 6.44. The van der Waals surface area contributed by atoms with Crippen LogP contribution < -0.4 is 0 Å². The molecule has 1 fully saturated rings. The first-order chi connectivity index (χ1) is 9.93. The van der Waals surface area contributed by atoms with Crippen molar-refractivity contribution in [3.8, 4) is 0 Å². The molecule has 0 spiro atoms. The van der Waals surface area contributed by atoms with Gasteiger partial charge in [0.25, 0.3) is 0 Å². The van der Waals surface area contributed by atoms with E-state index in [0.29, 0.717) is 18.7 Å². The zero-order valence-corrected chi connectivity index (χ0v) is 13.1. The normalized spacial score (nSPS) is 23.8. The highest BCUT2D eigenvalue weighted by molar-refractivity contribution is 5.90. The van der Waals surface area contributed by atoms with E-state index in [1.807, 2.05) is 14.0 Å². The molecule has 0 aromatic carbocycles. The maximum absolute atomic E-state index is 12.0. The first kappa shape index (κ1) is 16.0. The van der Waals surface area contributed by atoms with Crippen molar-refractivity contribution in [3.05, 3.63) is 17.5 Å². The van der Waals surface area contributed by atoms with Crippen LogP contribution in [-0.2, 0) is 18.3 Å². The molecule has 0 amide bonds. The Morgan fingerprint density at radius 2 is 2.24 bits per heavy atom. The number of hydrogen-bond acceptors (Lipinski definition) is 5. The Morgan fingerprint density at radius 1 is 1.48 bits per heavy atom. The predicted octanol–water partition coefficient (Wildman–Crippen LogP) is 1.33. The van der Waals surface area contributed by atoms with Crippen LogP contribution in [0.2, 0.25) is 0 Å². The summed E-state index contributed by atoms with van der Waals surface area (Å²) >= 11 is 0. The van der Waals surface area contributed by atoms with Gasteiger partial charge in [0, 0.05) is 20.1 Å². The van der Waals surface area contributed by atoms with Gasteiger partial charge in [-0.1, -0.05) is 0 Å². The summed E-state index contributed by atoms with van der Waals surface area (Å²) in [7, 11) is 1.84. The van der Waals surface area contributed by atoms with Crippen LogP contribution in [0.1, 0.15) is 49.2 Å². The topological polar surface area (TPSA) is 67.6 Å². The van der Waals surface area contributed by atoms with Gasteiger partial charge in [0.15, 0.2) is 0 Å². The second kappa shape index (κ2) is 6.58. The van der Waals surface area contributed by atoms with Crippen molar-refractivity contribution in [2.45, 2.75) is 45.3 Å². The average molecular weight is 295 g/mol. The molecule has 6 heteroatoms. The van der Waals surface area contributed by atoms with E-state index in [1.54, 1.807) is 17.8 Å². The molecule has 2 heterocycles. The Morgan fingerprint density at radius 3 is 2.95 bits per heavy atom. The summed E-state index contributed by atoms with van der Waals surface area (Å²) in [4.78, 5) is 14.2. The first-order valence-electron chi connectivity index (χ1n) is 7.55. The number of esters is 1. The molecule has 1 aliphatic rings. The number of hydrogen-bond donors (Lipinski definition) is 1. The number of carbonyl (C=O) groups is 1. The molecule has 1 aromatic heterocycles. The van der Waals surface area contributed by atoms with Gasteiger partial charge in [-0.15, -0.1) is 0 Å². The van der Waals surface area contributed by atoms with Crippen molar-refractivity contribution in [2.24, 2.45) is 7.05 Å². The van der Waals surface area contributed by atoms with Crippen LogP contribution in [-0.4, -0.2) is 51.1 Å². The lowest BCUT2D eigenvalue weighted by Crippen LogP contribution is -2.29. The van der Waals surface area contributed by atoms with Crippen molar-refractivity contribution in [3.63, 3.8) is 0 Å². The molecule has 6 nitrogen and oxygen atoms in total. The number of likely N-dealkylation sites (tertiary alicyclic amines) is 1. The highest BCUT2D eigenvalue weighted by atomic mass is 16.5. The lowest BCUT2D eigenvalue weighted by Gasteiger charge is -2.22. The second-order valence-corrected chi connectivity index (χ2v) is 5.98. The van der Waals surface area contributed by atoms with E-state index in [-0.39, 0.29) is 5.97 Å². The van der Waals surface area contributed by atoms with E-state index in [1.165, 1.54) is 0 Å². The van der Waals surface area contributed by atoms with Crippen LogP contribution in [0.3, 0.4) is 0 Å². The van der Waals surface area contributed by atoms with Crippen molar-refractivity contribution in [1.29, 1.82) is 0 Å². The Hall–Kier alpha value is -1.40. The first-order valence-corrected chi connectivity index (χ1v) is 7.55. The van der Waals surface area contributed by atoms with Crippen LogP contribution in [0.5, 0.6) is 0 Å². The number of aliphatic hydroxyl groups is 1. The van der Waals surface area contributed by atoms with E-state index in [9.17, 15) is 9.90 Å². The standard InChI is InChI=1S/C15H25N3O3/c1-4-21-14(19)12-10-16-17(3)13(12)11-18-8-5-6-15(2,20)7-9-18/h10,20H,4-9,11H2,1-3H3. The summed E-state index contributed by atoms with van der Waals surface area (Å²) in [5, 5.41) is 14.3. The van der Waals surface area contributed by atoms with Crippen LogP contribution in [0.25, 0.3) is 0 Å². The molecule has 1 N–H and O–H groups in total. The molecule has 1 aliphatic heterocycles. The minimum absolute atomic E-state index is 0.317. The third-order valence-electron chi connectivity index (χ3n) is 4.09. The third-order valence-corrected chi connectivity index (χ3v) is 4.09. The van der Waals surface area contributed by atoms with Crippen molar-refractivity contribution in [2.75, 3.05) is 19.7 Å². The van der Waals surface area contributed by atoms with Gasteiger partial charge in [-0.25, -0.2) is 4.79 Å². The van der Waals surface area contributed by atoms with E-state index < -0.39 is 5.60 Å². The quantitative estimate of drug-likeness (QED) is 0.849. The van der Waals surface area contributed by atoms with Crippen LogP contribution in [0, 0.1) is 0 Å². The van der Waals surface area contributed by atoms with Gasteiger partial charge in [0.05, 0.1) is 24.1 Å². The number of aryl methyl sites for hydroxylation is 1. The molecule has 0 aliphatic carbocycles. The van der Waals surface area contributed by atoms with Gasteiger partial charge < -0.3 is 9.84 Å². The summed E-state index contributed by atoms with van der Waals surface area (Å²) in [6, 6.07) is 0. The number of aromatic nitrogens is 2. The third kappa shape index (κ3) is 4.04. The molecule has 1 aromatic rings. The SMILES string of the molecule is CCOC(=O)c1cnn(C)c1CN1CCCC(C)(O)CC1. The highest BCUT2D eigenvalue weighted by Crippen LogP contribution is 2.23. The van der Waals surface area contributed by atoms with Gasteiger partial charge >= 0.3 is 5.97 Å². The fourth-order valence-corrected chi connectivity index (χ4v) is 2.72. The molecular formula is C15H25N3O3. The van der Waals surface area contributed by atoms with Gasteiger partial charge in [-0.05, 0) is 39.7 Å². The fourth-order valence-electron chi connectivity index (χ4n) is 2.72. The second-order valence-electron chi connectivity index (χ2n) is 5.98. The molecule has 0 radical (unpaired) electrons. The lowest BCUT2D eigenvalue weighted by atomic mass is 9.98. The average Bonchev–Trinajstić information content (AvgIpc) is 2.67. The molecule has 0 bridgehead atoms. The Kier molecular flexibility index (Phi) is 5.00. The van der Waals surface area contributed by atoms with Crippen molar-refractivity contribution >= 4 is 5.97 Å². The largest absolute Gasteiger partial charge is 0.462 e. The van der Waals surface area contributed by atoms with Crippen LogP contribution in [0.15, 0.2) is 6.20 Å². The molecule has 1 atom stereocenters. The molecule has 2 rings (SSSR count). The monoisotopic (exact) mass is 295 g/mol. The van der Waals surface area contributed by atoms with Crippen LogP contribution in [0.4, 0.5) is 0 Å². The van der Waals surface area contributed by atoms with Gasteiger partial charge in [0.2, 0.25) is 0 Å². The number of ether oxygens (including phenoxy) is 1. The molecule has 1 saturated heterocycles. The Balaban J connectivity index is 2.09. The molecule has 1 unspecified atom stereocenters. The van der Waals surface area contributed by atoms with Gasteiger partial charge in [-0.3, -0.25) is 9.58 Å². The maximum atomic E-state index is 12.0. The number of rotatable bonds is 4. The Bertz CT molecular complexity index is 496. The van der Waals surface area contributed by atoms with Gasteiger partial charge in [-0.2, -0.15) is 5.10 Å². The summed E-state index contributed by atoms with van der Waals surface area (Å²) in [5.74, 6) is -0.317. The van der Waals surface area contributed by atoms with E-state index in [2.05, 4.69) is 10.00 Å². The zero-order valence-electron chi connectivity index (χ0n) is 13.1. The molecule has 21 heavy (non-hydrogen) atoms. The minimum atomic E-state index is -0.578. The number of nitrogens with zero attached hydrogens (tertiary/aromatic N) is 3. The highest BCUT2D eigenvalue weighted by Gasteiger charge is 2.26. The summed E-state index contributed by atoms with van der Waals surface area (Å²) in [5.41, 5.74) is 0.830. The molecule has 118 valence electrons. The Labute approximate surface area is 125 Å². The predicted molar refractivity (Wildman–Crippen MR) is 78.9 cm³/mol. The van der Waals surface area contributed by atoms with E-state index >= 15 is 0 Å². The smallest absolute Gasteiger partial charge is 0.341 e. The summed E-state index contributed by atoms with van der Waals surface area (Å²) in [6.07, 6.45) is 4.10. The zero-order chi connectivity index (χ0) is 15.5. The minimum Gasteiger partial charge on any atom is -0.462 e. The number of carbonyl (C=O) groups excluding carboxylic acids is 1. The summed E-state index contributed by atoms with van der Waals surface area (Å²) < 4.78 is 6.81. The van der Waals surface area contributed by atoms with E-state index in [4.69, 9.17) is 4.74 Å². The van der Waals surface area contributed by atoms with Crippen molar-refractivity contribution < 1.29 is 14.6 Å². The van der Waals surface area contributed by atoms with Crippen LogP contribution >= 0.6 is 0 Å². The van der Waals surface area contributed by atoms with Crippen molar-refractivity contribution in [1.82, 2.24) is 14.7 Å². The molecular weight excluding hydrogens is 270 g/mol. The van der Waals surface area contributed by atoms with E-state index in [0.717, 1.165) is 38.0 Å². The lowest BCUT2D eigenvalue weighted by molar-refractivity contribution is 0.0440. The van der Waals surface area contributed by atoms with Gasteiger partial charge in [0.1, 0.15) is 5.56 Å².